The molecule has 1 fully saturated rings. The Morgan fingerprint density at radius 2 is 2.19 bits per heavy atom. The molecule has 1 saturated carbocycles. The molecule has 0 aliphatic heterocycles. The van der Waals surface area contributed by atoms with Crippen LogP contribution in [-0.4, -0.2) is 17.0 Å². The summed E-state index contributed by atoms with van der Waals surface area (Å²) in [7, 11) is 0. The van der Waals surface area contributed by atoms with E-state index in [-0.39, 0.29) is 0 Å². The molecule has 0 spiro atoms. The monoisotopic (exact) mass is 285 g/mol. The molecule has 2 aromatic rings. The van der Waals surface area contributed by atoms with Gasteiger partial charge in [-0.05, 0) is 43.5 Å². The number of carbonyl (C=O) groups is 1. The quantitative estimate of drug-likeness (QED) is 0.714. The van der Waals surface area contributed by atoms with Crippen molar-refractivity contribution in [2.75, 3.05) is 6.61 Å². The fraction of sp³-hybridized carbons (Fsp3) is 0.500. The second-order valence-electron chi connectivity index (χ2n) is 5.96. The fourth-order valence-corrected chi connectivity index (χ4v) is 2.77. The van der Waals surface area contributed by atoms with Crippen molar-refractivity contribution in [3.8, 4) is 5.75 Å². The van der Waals surface area contributed by atoms with Crippen LogP contribution in [-0.2, 0) is 11.3 Å². The van der Waals surface area contributed by atoms with Gasteiger partial charge in [0.2, 0.25) is 0 Å². The Labute approximate surface area is 125 Å². The number of rotatable bonds is 7. The molecule has 1 aliphatic carbocycles. The minimum Gasteiger partial charge on any atom is -0.494 e. The smallest absolute Gasteiger partial charge is 0.155 e. The number of carbonyl (C=O) groups excluding carboxylic acids is 1. The van der Waals surface area contributed by atoms with Crippen LogP contribution in [0.25, 0.3) is 10.9 Å². The molecule has 1 aromatic carbocycles. The van der Waals surface area contributed by atoms with E-state index < -0.39 is 0 Å². The number of aromatic nitrogens is 1. The van der Waals surface area contributed by atoms with Gasteiger partial charge in [0, 0.05) is 23.0 Å². The topological polar surface area (TPSA) is 31.2 Å². The van der Waals surface area contributed by atoms with Gasteiger partial charge in [0.25, 0.3) is 0 Å². The van der Waals surface area contributed by atoms with Gasteiger partial charge in [0.1, 0.15) is 5.75 Å². The molecular weight excluding hydrogens is 262 g/mol. The molecule has 3 heteroatoms. The average Bonchev–Trinajstić information content (AvgIpc) is 2.80. The average molecular weight is 285 g/mol. The first kappa shape index (κ1) is 14.2. The number of hydrogen-bond acceptors (Lipinski definition) is 2. The third-order valence-corrected chi connectivity index (χ3v) is 4.40. The van der Waals surface area contributed by atoms with Crippen LogP contribution in [0.5, 0.6) is 5.75 Å². The van der Waals surface area contributed by atoms with Crippen LogP contribution in [0, 0.1) is 5.92 Å². The van der Waals surface area contributed by atoms with E-state index in [1.807, 2.05) is 12.3 Å². The van der Waals surface area contributed by atoms with E-state index in [0.717, 1.165) is 48.9 Å². The molecule has 0 N–H and O–H groups in total. The molecule has 3 rings (SSSR count). The summed E-state index contributed by atoms with van der Waals surface area (Å²) in [4.78, 5) is 12.1. The van der Waals surface area contributed by atoms with Crippen LogP contribution in [0.4, 0.5) is 0 Å². The van der Waals surface area contributed by atoms with Crippen molar-refractivity contribution in [1.29, 1.82) is 0 Å². The first-order valence-electron chi connectivity index (χ1n) is 8.02. The highest BCUT2D eigenvalue weighted by molar-refractivity contribution is 5.86. The van der Waals surface area contributed by atoms with Gasteiger partial charge < -0.3 is 9.30 Å². The van der Waals surface area contributed by atoms with Crippen molar-refractivity contribution in [2.24, 2.45) is 5.92 Å². The Morgan fingerprint density at radius 1 is 1.33 bits per heavy atom. The summed E-state index contributed by atoms with van der Waals surface area (Å²) in [6.07, 6.45) is 7.59. The minimum atomic E-state index is 0.305. The number of ether oxygens (including phenoxy) is 1. The highest BCUT2D eigenvalue weighted by Crippen LogP contribution is 2.28. The molecular formula is C18H23NO2. The maximum Gasteiger partial charge on any atom is 0.155 e. The minimum absolute atomic E-state index is 0.305. The Hall–Kier alpha value is -1.77. The first-order chi connectivity index (χ1) is 10.3. The summed E-state index contributed by atoms with van der Waals surface area (Å²) in [6, 6.07) is 8.19. The Kier molecular flexibility index (Phi) is 4.28. The maximum atomic E-state index is 12.1. The maximum absolute atomic E-state index is 12.1. The lowest BCUT2D eigenvalue weighted by atomic mass is 9.82. The van der Waals surface area contributed by atoms with Crippen LogP contribution < -0.4 is 4.74 Å². The third kappa shape index (κ3) is 3.12. The molecule has 0 saturated heterocycles. The highest BCUT2D eigenvalue weighted by Gasteiger charge is 2.25. The van der Waals surface area contributed by atoms with Crippen LogP contribution >= 0.6 is 0 Å². The summed E-state index contributed by atoms with van der Waals surface area (Å²) in [5.74, 6) is 1.60. The number of hydrogen-bond donors (Lipinski definition) is 0. The summed E-state index contributed by atoms with van der Waals surface area (Å²) >= 11 is 0. The molecule has 0 amide bonds. The van der Waals surface area contributed by atoms with Gasteiger partial charge in [0.15, 0.2) is 5.78 Å². The molecule has 0 unspecified atom stereocenters. The van der Waals surface area contributed by atoms with Crippen molar-refractivity contribution in [1.82, 2.24) is 4.57 Å². The van der Waals surface area contributed by atoms with Crippen molar-refractivity contribution < 1.29 is 9.53 Å². The lowest BCUT2D eigenvalue weighted by Gasteiger charge is -2.24. The number of unbranched alkanes of at least 4 members (excludes halogenated alkanes) is 1. The van der Waals surface area contributed by atoms with E-state index in [0.29, 0.717) is 18.2 Å². The lowest BCUT2D eigenvalue weighted by Crippen LogP contribution is -2.25. The Morgan fingerprint density at radius 3 is 2.90 bits per heavy atom. The number of benzene rings is 1. The Balaban J connectivity index is 1.71. The second kappa shape index (κ2) is 6.33. The number of nitrogens with zero attached hydrogens (tertiary/aromatic N) is 1. The normalized spacial score (nSPS) is 15.1. The van der Waals surface area contributed by atoms with Crippen LogP contribution in [0.15, 0.2) is 30.5 Å². The van der Waals surface area contributed by atoms with Gasteiger partial charge in [-0.25, -0.2) is 0 Å². The molecule has 3 nitrogen and oxygen atoms in total. The number of ketones is 1. The van der Waals surface area contributed by atoms with Crippen LogP contribution in [0.1, 0.15) is 39.0 Å². The van der Waals surface area contributed by atoms with Gasteiger partial charge in [-0.15, -0.1) is 0 Å². The standard InChI is InChI=1S/C18H23NO2/c1-2-3-11-21-16-7-8-17-15(12-16)9-10-19(17)13-18(20)14-5-4-6-14/h7-10,12,14H,2-6,11,13H2,1H3. The van der Waals surface area contributed by atoms with E-state index in [2.05, 4.69) is 29.7 Å². The van der Waals surface area contributed by atoms with E-state index in [1.54, 1.807) is 0 Å². The molecule has 1 aliphatic rings. The second-order valence-corrected chi connectivity index (χ2v) is 5.96. The van der Waals surface area contributed by atoms with Crippen molar-refractivity contribution in [2.45, 2.75) is 45.6 Å². The van der Waals surface area contributed by atoms with Crippen molar-refractivity contribution >= 4 is 16.7 Å². The lowest BCUT2D eigenvalue weighted by molar-refractivity contribution is -0.125. The summed E-state index contributed by atoms with van der Waals surface area (Å²) in [6.45, 7) is 3.43. The summed E-state index contributed by atoms with van der Waals surface area (Å²) in [5.41, 5.74) is 1.12. The van der Waals surface area contributed by atoms with Gasteiger partial charge in [-0.1, -0.05) is 19.8 Å². The zero-order valence-electron chi connectivity index (χ0n) is 12.7. The van der Waals surface area contributed by atoms with E-state index in [4.69, 9.17) is 4.74 Å². The van der Waals surface area contributed by atoms with Gasteiger partial charge in [-0.3, -0.25) is 4.79 Å². The molecule has 0 bridgehead atoms. The highest BCUT2D eigenvalue weighted by atomic mass is 16.5. The van der Waals surface area contributed by atoms with Gasteiger partial charge in [-0.2, -0.15) is 0 Å². The fourth-order valence-electron chi connectivity index (χ4n) is 2.77. The third-order valence-electron chi connectivity index (χ3n) is 4.40. The van der Waals surface area contributed by atoms with Crippen LogP contribution in [0.3, 0.4) is 0 Å². The Bertz CT molecular complexity index is 625. The largest absolute Gasteiger partial charge is 0.494 e. The predicted octanol–water partition coefficient (Wildman–Crippen LogP) is 4.19. The first-order valence-corrected chi connectivity index (χ1v) is 8.02. The molecule has 0 radical (unpaired) electrons. The predicted molar refractivity (Wildman–Crippen MR) is 84.7 cm³/mol. The van der Waals surface area contributed by atoms with E-state index in [9.17, 15) is 4.79 Å². The van der Waals surface area contributed by atoms with Crippen LogP contribution in [0.2, 0.25) is 0 Å². The van der Waals surface area contributed by atoms with E-state index in [1.165, 1.54) is 6.42 Å². The SMILES string of the molecule is CCCCOc1ccc2c(ccn2CC(=O)C2CCC2)c1. The molecule has 1 heterocycles. The zero-order valence-corrected chi connectivity index (χ0v) is 12.7. The number of fused-ring (bicyclic) bond motifs is 1. The summed E-state index contributed by atoms with van der Waals surface area (Å²) in [5, 5.41) is 1.14. The van der Waals surface area contributed by atoms with E-state index >= 15 is 0 Å². The van der Waals surface area contributed by atoms with Gasteiger partial charge in [0.05, 0.1) is 13.2 Å². The van der Waals surface area contributed by atoms with Crippen molar-refractivity contribution in [3.63, 3.8) is 0 Å². The number of Topliss-reactive ketones (excluding diaryl/α,β-unsaturated/α-hetero) is 1. The molecule has 112 valence electrons. The van der Waals surface area contributed by atoms with Gasteiger partial charge >= 0.3 is 0 Å². The molecule has 21 heavy (non-hydrogen) atoms. The summed E-state index contributed by atoms with van der Waals surface area (Å²) < 4.78 is 7.79. The van der Waals surface area contributed by atoms with Crippen molar-refractivity contribution in [3.05, 3.63) is 30.5 Å². The zero-order chi connectivity index (χ0) is 14.7. The molecule has 1 aromatic heterocycles. The molecule has 0 atom stereocenters.